The standard InChI is InChI=1S/C21H20N2O4/c1-2-26-17-9-7-16(8-10-17)23-13-15(12-20(23)24)22-21(25)19-11-14-5-3-4-6-18(14)27-19/h3-11,15H,2,12-13H2,1H3,(H,22,25)/t15-/m0/s1. The van der Waals surface area contributed by atoms with Gasteiger partial charge >= 0.3 is 0 Å². The first-order valence-corrected chi connectivity index (χ1v) is 8.96. The molecule has 0 bridgehead atoms. The van der Waals surface area contributed by atoms with E-state index in [-0.39, 0.29) is 30.0 Å². The summed E-state index contributed by atoms with van der Waals surface area (Å²) >= 11 is 0. The molecule has 1 atom stereocenters. The van der Waals surface area contributed by atoms with Crippen LogP contribution >= 0.6 is 0 Å². The van der Waals surface area contributed by atoms with Gasteiger partial charge in [0.25, 0.3) is 5.91 Å². The second-order valence-electron chi connectivity index (χ2n) is 6.45. The van der Waals surface area contributed by atoms with Gasteiger partial charge in [0.05, 0.1) is 12.6 Å². The maximum atomic E-state index is 12.5. The number of furan rings is 1. The molecule has 0 radical (unpaired) electrons. The van der Waals surface area contributed by atoms with Crippen molar-refractivity contribution in [3.05, 3.63) is 60.4 Å². The highest BCUT2D eigenvalue weighted by atomic mass is 16.5. The van der Waals surface area contributed by atoms with Gasteiger partial charge in [0.15, 0.2) is 5.76 Å². The van der Waals surface area contributed by atoms with Gasteiger partial charge in [-0.05, 0) is 43.3 Å². The molecule has 2 heterocycles. The molecule has 138 valence electrons. The minimum absolute atomic E-state index is 0.0194. The summed E-state index contributed by atoms with van der Waals surface area (Å²) in [5, 5.41) is 3.77. The molecule has 0 unspecified atom stereocenters. The van der Waals surface area contributed by atoms with E-state index < -0.39 is 0 Å². The Morgan fingerprint density at radius 1 is 1.22 bits per heavy atom. The molecule has 1 aliphatic heterocycles. The van der Waals surface area contributed by atoms with E-state index in [1.165, 1.54) is 0 Å². The Bertz CT molecular complexity index is 944. The van der Waals surface area contributed by atoms with Gasteiger partial charge in [-0.3, -0.25) is 9.59 Å². The van der Waals surface area contributed by atoms with E-state index in [0.29, 0.717) is 18.7 Å². The molecule has 4 rings (SSSR count). The molecular formula is C21H20N2O4. The molecule has 2 aromatic carbocycles. The van der Waals surface area contributed by atoms with E-state index in [1.807, 2.05) is 55.5 Å². The number of nitrogens with one attached hydrogen (secondary N) is 1. The lowest BCUT2D eigenvalue weighted by Gasteiger charge is -2.17. The maximum absolute atomic E-state index is 12.5. The zero-order valence-corrected chi connectivity index (χ0v) is 15.0. The normalized spacial score (nSPS) is 16.7. The smallest absolute Gasteiger partial charge is 0.287 e. The number of carbonyl (C=O) groups excluding carboxylic acids is 2. The Balaban J connectivity index is 1.43. The average molecular weight is 364 g/mol. The minimum Gasteiger partial charge on any atom is -0.494 e. The van der Waals surface area contributed by atoms with Crippen LogP contribution in [0.3, 0.4) is 0 Å². The second-order valence-corrected chi connectivity index (χ2v) is 6.45. The molecule has 1 aromatic heterocycles. The number of fused-ring (bicyclic) bond motifs is 1. The Labute approximate surface area is 156 Å². The first-order valence-electron chi connectivity index (χ1n) is 8.96. The fourth-order valence-corrected chi connectivity index (χ4v) is 3.29. The number of nitrogens with zero attached hydrogens (tertiary/aromatic N) is 1. The van der Waals surface area contributed by atoms with Crippen molar-refractivity contribution in [2.24, 2.45) is 0 Å². The Morgan fingerprint density at radius 3 is 2.74 bits per heavy atom. The zero-order valence-electron chi connectivity index (χ0n) is 15.0. The number of hydrogen-bond donors (Lipinski definition) is 1. The molecule has 1 aliphatic rings. The number of ether oxygens (including phenoxy) is 1. The van der Waals surface area contributed by atoms with E-state index in [1.54, 1.807) is 11.0 Å². The van der Waals surface area contributed by atoms with E-state index in [9.17, 15) is 9.59 Å². The molecule has 6 heteroatoms. The van der Waals surface area contributed by atoms with Crippen molar-refractivity contribution < 1.29 is 18.7 Å². The lowest BCUT2D eigenvalue weighted by atomic mass is 10.2. The van der Waals surface area contributed by atoms with Gasteiger partial charge in [-0.1, -0.05) is 18.2 Å². The van der Waals surface area contributed by atoms with Gasteiger partial charge in [0, 0.05) is 24.0 Å². The predicted octanol–water partition coefficient (Wildman–Crippen LogP) is 3.37. The number of anilines is 1. The number of carbonyl (C=O) groups is 2. The fourth-order valence-electron chi connectivity index (χ4n) is 3.29. The summed E-state index contributed by atoms with van der Waals surface area (Å²) in [6, 6.07) is 16.3. The van der Waals surface area contributed by atoms with Crippen molar-refractivity contribution in [3.63, 3.8) is 0 Å². The van der Waals surface area contributed by atoms with Crippen LogP contribution in [-0.2, 0) is 4.79 Å². The van der Waals surface area contributed by atoms with Gasteiger partial charge in [-0.25, -0.2) is 0 Å². The topological polar surface area (TPSA) is 71.8 Å². The van der Waals surface area contributed by atoms with E-state index in [0.717, 1.165) is 16.8 Å². The van der Waals surface area contributed by atoms with Gasteiger partial charge in [-0.2, -0.15) is 0 Å². The molecular weight excluding hydrogens is 344 g/mol. The van der Waals surface area contributed by atoms with E-state index in [4.69, 9.17) is 9.15 Å². The van der Waals surface area contributed by atoms with Crippen LogP contribution in [0.15, 0.2) is 59.0 Å². The van der Waals surface area contributed by atoms with Crippen molar-refractivity contribution in [1.29, 1.82) is 0 Å². The summed E-state index contributed by atoms with van der Waals surface area (Å²) in [6.45, 7) is 2.95. The lowest BCUT2D eigenvalue weighted by Crippen LogP contribution is -2.37. The van der Waals surface area contributed by atoms with Crippen LogP contribution in [-0.4, -0.2) is 31.0 Å². The van der Waals surface area contributed by atoms with Crippen LogP contribution in [0.2, 0.25) is 0 Å². The predicted molar refractivity (Wildman–Crippen MR) is 102 cm³/mol. The highest BCUT2D eigenvalue weighted by Gasteiger charge is 2.32. The summed E-state index contributed by atoms with van der Waals surface area (Å²) in [5.41, 5.74) is 1.46. The summed E-state index contributed by atoms with van der Waals surface area (Å²) < 4.78 is 11.0. The van der Waals surface area contributed by atoms with Crippen molar-refractivity contribution in [2.75, 3.05) is 18.1 Å². The second kappa shape index (κ2) is 7.15. The number of para-hydroxylation sites is 1. The van der Waals surface area contributed by atoms with Gasteiger partial charge in [0.1, 0.15) is 11.3 Å². The third-order valence-electron chi connectivity index (χ3n) is 4.57. The first kappa shape index (κ1) is 17.1. The molecule has 1 N–H and O–H groups in total. The summed E-state index contributed by atoms with van der Waals surface area (Å²) in [7, 11) is 0. The average Bonchev–Trinajstić information content (AvgIpc) is 3.26. The van der Waals surface area contributed by atoms with Crippen LogP contribution in [0.1, 0.15) is 23.9 Å². The Hall–Kier alpha value is -3.28. The number of amides is 2. The number of benzene rings is 2. The molecule has 0 spiro atoms. The molecule has 0 aliphatic carbocycles. The monoisotopic (exact) mass is 364 g/mol. The van der Waals surface area contributed by atoms with Crippen LogP contribution in [0, 0.1) is 0 Å². The van der Waals surface area contributed by atoms with Gasteiger partial charge in [0.2, 0.25) is 5.91 Å². The molecule has 1 fully saturated rings. The zero-order chi connectivity index (χ0) is 18.8. The van der Waals surface area contributed by atoms with Crippen molar-refractivity contribution in [2.45, 2.75) is 19.4 Å². The van der Waals surface area contributed by atoms with Crippen LogP contribution < -0.4 is 15.0 Å². The highest BCUT2D eigenvalue weighted by molar-refractivity contribution is 5.99. The third-order valence-corrected chi connectivity index (χ3v) is 4.57. The summed E-state index contributed by atoms with van der Waals surface area (Å²) in [6.07, 6.45) is 0.263. The fraction of sp³-hybridized carbons (Fsp3) is 0.238. The molecule has 0 saturated carbocycles. The lowest BCUT2D eigenvalue weighted by molar-refractivity contribution is -0.117. The molecule has 1 saturated heterocycles. The van der Waals surface area contributed by atoms with Crippen molar-refractivity contribution >= 4 is 28.5 Å². The Kier molecular flexibility index (Phi) is 4.54. The van der Waals surface area contributed by atoms with Crippen LogP contribution in [0.4, 0.5) is 5.69 Å². The SMILES string of the molecule is CCOc1ccc(N2C[C@@H](NC(=O)c3cc4ccccc4o3)CC2=O)cc1. The van der Waals surface area contributed by atoms with Gasteiger partial charge in [-0.15, -0.1) is 0 Å². The summed E-state index contributed by atoms with van der Waals surface area (Å²) in [4.78, 5) is 26.5. The highest BCUT2D eigenvalue weighted by Crippen LogP contribution is 2.25. The van der Waals surface area contributed by atoms with Crippen molar-refractivity contribution in [1.82, 2.24) is 5.32 Å². The minimum atomic E-state index is -0.308. The summed E-state index contributed by atoms with van der Waals surface area (Å²) in [5.74, 6) is 0.692. The number of hydrogen-bond acceptors (Lipinski definition) is 4. The third kappa shape index (κ3) is 3.51. The molecule has 6 nitrogen and oxygen atoms in total. The van der Waals surface area contributed by atoms with Crippen LogP contribution in [0.25, 0.3) is 11.0 Å². The molecule has 27 heavy (non-hydrogen) atoms. The first-order chi connectivity index (χ1) is 13.1. The van der Waals surface area contributed by atoms with E-state index in [2.05, 4.69) is 5.32 Å². The Morgan fingerprint density at radius 2 is 2.00 bits per heavy atom. The number of rotatable bonds is 5. The van der Waals surface area contributed by atoms with Crippen LogP contribution in [0.5, 0.6) is 5.75 Å². The maximum Gasteiger partial charge on any atom is 0.287 e. The largest absolute Gasteiger partial charge is 0.494 e. The van der Waals surface area contributed by atoms with Crippen molar-refractivity contribution in [3.8, 4) is 5.75 Å². The van der Waals surface area contributed by atoms with Gasteiger partial charge < -0.3 is 19.4 Å². The molecule has 3 aromatic rings. The van der Waals surface area contributed by atoms with E-state index >= 15 is 0 Å². The molecule has 2 amide bonds. The quantitative estimate of drug-likeness (QED) is 0.753.